The second-order valence-electron chi connectivity index (χ2n) is 5.47. The summed E-state index contributed by atoms with van der Waals surface area (Å²) in [4.78, 5) is 13.6. The first kappa shape index (κ1) is 16.2. The summed E-state index contributed by atoms with van der Waals surface area (Å²) in [6, 6.07) is 8.02. The van der Waals surface area contributed by atoms with E-state index in [1.807, 2.05) is 31.3 Å². The first-order valence-electron chi connectivity index (χ1n) is 7.13. The van der Waals surface area contributed by atoms with Crippen molar-refractivity contribution in [2.75, 3.05) is 13.6 Å². The zero-order chi connectivity index (χ0) is 15.4. The maximum absolute atomic E-state index is 11.5. The van der Waals surface area contributed by atoms with Gasteiger partial charge in [0.1, 0.15) is 6.10 Å². The molecule has 6 heteroatoms. The molecular weight excluding hydrogens is 290 g/mol. The third-order valence-electron chi connectivity index (χ3n) is 4.05. The molecule has 0 spiro atoms. The number of likely N-dealkylation sites (N-methyl/N-ethyl adjacent to an activating group) is 1. The van der Waals surface area contributed by atoms with E-state index in [9.17, 15) is 4.79 Å². The van der Waals surface area contributed by atoms with E-state index in [-0.39, 0.29) is 18.1 Å². The lowest BCUT2D eigenvalue weighted by Gasteiger charge is -2.28. The lowest BCUT2D eigenvalue weighted by Crippen LogP contribution is -2.40. The molecule has 1 fully saturated rings. The molecule has 1 saturated heterocycles. The number of nitrogens with zero attached hydrogens (tertiary/aromatic N) is 1. The van der Waals surface area contributed by atoms with Gasteiger partial charge in [-0.2, -0.15) is 0 Å². The molecule has 1 amide bonds. The molecule has 1 heterocycles. The number of benzene rings is 1. The fourth-order valence-electron chi connectivity index (χ4n) is 2.66. The van der Waals surface area contributed by atoms with E-state index in [1.54, 1.807) is 0 Å². The van der Waals surface area contributed by atoms with Crippen LogP contribution in [0.1, 0.15) is 31.4 Å². The summed E-state index contributed by atoms with van der Waals surface area (Å²) in [5.41, 5.74) is 3.24. The van der Waals surface area contributed by atoms with Gasteiger partial charge in [-0.05, 0) is 38.4 Å². The average Bonchev–Trinajstić information content (AvgIpc) is 2.94. The minimum Gasteiger partial charge on any atom is -0.364 e. The molecule has 1 aromatic rings. The first-order valence-corrected chi connectivity index (χ1v) is 7.51. The van der Waals surface area contributed by atoms with E-state index in [1.165, 1.54) is 0 Å². The summed E-state index contributed by atoms with van der Waals surface area (Å²) >= 11 is 6.24. The fraction of sp³-hybridized carbons (Fsp3) is 0.533. The van der Waals surface area contributed by atoms with E-state index >= 15 is 0 Å². The Balaban J connectivity index is 1.92. The van der Waals surface area contributed by atoms with E-state index < -0.39 is 6.10 Å². The van der Waals surface area contributed by atoms with Crippen LogP contribution in [0.25, 0.3) is 0 Å². The number of amides is 1. The highest BCUT2D eigenvalue weighted by molar-refractivity contribution is 6.31. The van der Waals surface area contributed by atoms with Crippen molar-refractivity contribution in [3.63, 3.8) is 0 Å². The Labute approximate surface area is 130 Å². The Hall–Kier alpha value is -1.14. The van der Waals surface area contributed by atoms with Crippen molar-refractivity contribution in [2.24, 2.45) is 5.84 Å². The van der Waals surface area contributed by atoms with Crippen LogP contribution < -0.4 is 11.3 Å². The Kier molecular flexibility index (Phi) is 5.58. The standard InChI is InChI=1S/C15H22ClN3O2/c1-10(12-5-3-4-6-13(12)16)19(2)9-11-7-8-14(21-11)15(20)18-17/h3-6,10-11,14H,7-9,17H2,1-2H3,(H,18,20). The summed E-state index contributed by atoms with van der Waals surface area (Å²) < 4.78 is 5.73. The average molecular weight is 312 g/mol. The normalized spacial score (nSPS) is 23.3. The molecule has 0 radical (unpaired) electrons. The van der Waals surface area contributed by atoms with Gasteiger partial charge in [-0.15, -0.1) is 0 Å². The second kappa shape index (κ2) is 7.22. The number of hydrogen-bond donors (Lipinski definition) is 2. The number of hydrazine groups is 1. The molecule has 3 N–H and O–H groups in total. The zero-order valence-electron chi connectivity index (χ0n) is 12.4. The van der Waals surface area contributed by atoms with Crippen LogP contribution in [0.4, 0.5) is 0 Å². The second-order valence-corrected chi connectivity index (χ2v) is 5.88. The maximum Gasteiger partial charge on any atom is 0.263 e. The quantitative estimate of drug-likeness (QED) is 0.495. The Morgan fingerprint density at radius 2 is 2.24 bits per heavy atom. The van der Waals surface area contributed by atoms with Crippen molar-refractivity contribution < 1.29 is 9.53 Å². The Morgan fingerprint density at radius 1 is 1.52 bits per heavy atom. The van der Waals surface area contributed by atoms with Crippen molar-refractivity contribution in [1.29, 1.82) is 0 Å². The Morgan fingerprint density at radius 3 is 2.90 bits per heavy atom. The molecule has 0 bridgehead atoms. The van der Waals surface area contributed by atoms with Gasteiger partial charge in [0.15, 0.2) is 0 Å². The van der Waals surface area contributed by atoms with Gasteiger partial charge in [-0.25, -0.2) is 5.84 Å². The van der Waals surface area contributed by atoms with Crippen LogP contribution in [0.5, 0.6) is 0 Å². The summed E-state index contributed by atoms with van der Waals surface area (Å²) in [7, 11) is 2.04. The highest BCUT2D eigenvalue weighted by atomic mass is 35.5. The van der Waals surface area contributed by atoms with Crippen LogP contribution in [0.3, 0.4) is 0 Å². The van der Waals surface area contributed by atoms with Gasteiger partial charge in [0.05, 0.1) is 6.10 Å². The molecule has 116 valence electrons. The molecule has 3 atom stereocenters. The summed E-state index contributed by atoms with van der Waals surface area (Å²) in [5.74, 6) is 4.88. The molecule has 0 aliphatic carbocycles. The number of halogens is 1. The van der Waals surface area contributed by atoms with Gasteiger partial charge in [0.25, 0.3) is 5.91 Å². The number of nitrogens with two attached hydrogens (primary N) is 1. The lowest BCUT2D eigenvalue weighted by molar-refractivity contribution is -0.132. The summed E-state index contributed by atoms with van der Waals surface area (Å²) in [6.45, 7) is 2.86. The third-order valence-corrected chi connectivity index (χ3v) is 4.39. The number of ether oxygens (including phenoxy) is 1. The molecular formula is C15H22ClN3O2. The summed E-state index contributed by atoms with van der Waals surface area (Å²) in [5, 5.41) is 0.768. The molecule has 1 aliphatic rings. The van der Waals surface area contributed by atoms with Gasteiger partial charge in [0.2, 0.25) is 0 Å². The van der Waals surface area contributed by atoms with Crippen molar-refractivity contribution in [2.45, 2.75) is 38.0 Å². The molecule has 1 aliphatic heterocycles. The predicted molar refractivity (Wildman–Crippen MR) is 82.7 cm³/mol. The van der Waals surface area contributed by atoms with Crippen molar-refractivity contribution in [3.8, 4) is 0 Å². The minimum atomic E-state index is -0.427. The van der Waals surface area contributed by atoms with Gasteiger partial charge < -0.3 is 4.74 Å². The van der Waals surface area contributed by atoms with Gasteiger partial charge in [0, 0.05) is 17.6 Å². The zero-order valence-corrected chi connectivity index (χ0v) is 13.1. The monoisotopic (exact) mass is 311 g/mol. The molecule has 21 heavy (non-hydrogen) atoms. The van der Waals surface area contributed by atoms with Crippen LogP contribution in [0.15, 0.2) is 24.3 Å². The number of rotatable bonds is 5. The predicted octanol–water partition coefficient (Wildman–Crippen LogP) is 1.87. The fourth-order valence-corrected chi connectivity index (χ4v) is 2.95. The highest BCUT2D eigenvalue weighted by Crippen LogP contribution is 2.28. The molecule has 0 aromatic heterocycles. The minimum absolute atomic E-state index is 0.0437. The van der Waals surface area contributed by atoms with E-state index in [4.69, 9.17) is 22.2 Å². The van der Waals surface area contributed by atoms with Gasteiger partial charge in [-0.3, -0.25) is 15.1 Å². The first-order chi connectivity index (χ1) is 10.0. The van der Waals surface area contributed by atoms with E-state index in [0.717, 1.165) is 23.6 Å². The van der Waals surface area contributed by atoms with Crippen LogP contribution in [-0.4, -0.2) is 36.6 Å². The number of carbonyl (C=O) groups is 1. The molecule has 0 saturated carbocycles. The topological polar surface area (TPSA) is 67.6 Å². The van der Waals surface area contributed by atoms with Crippen LogP contribution in [0.2, 0.25) is 5.02 Å². The smallest absolute Gasteiger partial charge is 0.263 e. The molecule has 2 rings (SSSR count). The molecule has 3 unspecified atom stereocenters. The highest BCUT2D eigenvalue weighted by Gasteiger charge is 2.31. The Bertz CT molecular complexity index is 498. The van der Waals surface area contributed by atoms with Gasteiger partial charge >= 0.3 is 0 Å². The van der Waals surface area contributed by atoms with Crippen LogP contribution in [-0.2, 0) is 9.53 Å². The SMILES string of the molecule is CC(c1ccccc1Cl)N(C)CC1CCC(C(=O)NN)O1. The van der Waals surface area contributed by atoms with Crippen LogP contribution >= 0.6 is 11.6 Å². The van der Waals surface area contributed by atoms with Gasteiger partial charge in [-0.1, -0.05) is 29.8 Å². The third kappa shape index (κ3) is 3.95. The number of carbonyl (C=O) groups excluding carboxylic acids is 1. The van der Waals surface area contributed by atoms with E-state index in [0.29, 0.717) is 6.42 Å². The number of nitrogens with one attached hydrogen (secondary N) is 1. The largest absolute Gasteiger partial charge is 0.364 e. The van der Waals surface area contributed by atoms with Crippen molar-refractivity contribution in [1.82, 2.24) is 10.3 Å². The van der Waals surface area contributed by atoms with Crippen molar-refractivity contribution >= 4 is 17.5 Å². The van der Waals surface area contributed by atoms with Crippen LogP contribution in [0, 0.1) is 0 Å². The maximum atomic E-state index is 11.5. The molecule has 5 nitrogen and oxygen atoms in total. The lowest BCUT2D eigenvalue weighted by atomic mass is 10.1. The summed E-state index contributed by atoms with van der Waals surface area (Å²) in [6.07, 6.45) is 1.19. The number of hydrogen-bond acceptors (Lipinski definition) is 4. The van der Waals surface area contributed by atoms with E-state index in [2.05, 4.69) is 17.2 Å². The van der Waals surface area contributed by atoms with Crippen molar-refractivity contribution in [3.05, 3.63) is 34.9 Å². The molecule has 1 aromatic carbocycles.